The van der Waals surface area contributed by atoms with Crippen LogP contribution in [0.15, 0.2) is 60.2 Å². The first-order valence-corrected chi connectivity index (χ1v) is 9.66. The van der Waals surface area contributed by atoms with Gasteiger partial charge < -0.3 is 10.6 Å². The third-order valence-corrected chi connectivity index (χ3v) is 5.03. The van der Waals surface area contributed by atoms with E-state index in [0.717, 1.165) is 16.1 Å². The summed E-state index contributed by atoms with van der Waals surface area (Å²) >= 11 is 1.53. The molecule has 0 aliphatic carbocycles. The second-order valence-corrected chi connectivity index (χ2v) is 7.18. The van der Waals surface area contributed by atoms with Crippen molar-refractivity contribution in [1.29, 1.82) is 0 Å². The predicted molar refractivity (Wildman–Crippen MR) is 106 cm³/mol. The molecule has 2 amide bonds. The van der Waals surface area contributed by atoms with Crippen LogP contribution in [-0.2, 0) is 16.0 Å². The minimum Gasteiger partial charge on any atom is -0.356 e. The molecule has 3 rings (SSSR count). The number of carbonyl (C=O) groups is 2. The zero-order valence-corrected chi connectivity index (χ0v) is 15.9. The van der Waals surface area contributed by atoms with E-state index in [1.165, 1.54) is 18.3 Å². The van der Waals surface area contributed by atoms with Gasteiger partial charge in [-0.05, 0) is 35.6 Å². The highest BCUT2D eigenvalue weighted by Crippen LogP contribution is 2.21. The van der Waals surface area contributed by atoms with Crippen LogP contribution in [0.5, 0.6) is 0 Å². The third kappa shape index (κ3) is 5.52. The highest BCUT2D eigenvalue weighted by molar-refractivity contribution is 7.10. The number of nitrogens with zero attached hydrogens (tertiary/aromatic N) is 2. The number of aromatic nitrogens is 2. The normalized spacial score (nSPS) is 11.7. The number of rotatable bonds is 8. The van der Waals surface area contributed by atoms with E-state index in [0.29, 0.717) is 13.0 Å². The maximum absolute atomic E-state index is 12.3. The quantitative estimate of drug-likeness (QED) is 0.629. The Bertz CT molecular complexity index is 875. The van der Waals surface area contributed by atoms with E-state index in [-0.39, 0.29) is 24.3 Å². The molecule has 2 heterocycles. The van der Waals surface area contributed by atoms with Crippen LogP contribution >= 0.6 is 11.3 Å². The molecule has 0 fully saturated rings. The minimum absolute atomic E-state index is 0.0856. The molecule has 6 nitrogen and oxygen atoms in total. The summed E-state index contributed by atoms with van der Waals surface area (Å²) in [6, 6.07) is 13.4. The van der Waals surface area contributed by atoms with Crippen LogP contribution < -0.4 is 10.6 Å². The lowest BCUT2D eigenvalue weighted by molar-refractivity contribution is -0.122. The van der Waals surface area contributed by atoms with Gasteiger partial charge in [-0.3, -0.25) is 9.59 Å². The molecule has 0 aliphatic heterocycles. The van der Waals surface area contributed by atoms with Crippen molar-refractivity contribution in [3.63, 3.8) is 0 Å². The van der Waals surface area contributed by atoms with Gasteiger partial charge in [-0.25, -0.2) is 4.68 Å². The second-order valence-electron chi connectivity index (χ2n) is 6.20. The number of amides is 2. The molecule has 0 saturated heterocycles. The lowest BCUT2D eigenvalue weighted by Crippen LogP contribution is -2.33. The van der Waals surface area contributed by atoms with Crippen molar-refractivity contribution in [3.05, 3.63) is 70.7 Å². The van der Waals surface area contributed by atoms with E-state index < -0.39 is 0 Å². The topological polar surface area (TPSA) is 76.0 Å². The summed E-state index contributed by atoms with van der Waals surface area (Å²) in [6.45, 7) is 1.99. The largest absolute Gasteiger partial charge is 0.356 e. The van der Waals surface area contributed by atoms with E-state index in [9.17, 15) is 9.59 Å². The fourth-order valence-electron chi connectivity index (χ4n) is 2.77. The lowest BCUT2D eigenvalue weighted by atomic mass is 10.1. The first kappa shape index (κ1) is 18.8. The van der Waals surface area contributed by atoms with Crippen molar-refractivity contribution in [2.24, 2.45) is 0 Å². The van der Waals surface area contributed by atoms with Gasteiger partial charge >= 0.3 is 0 Å². The zero-order chi connectivity index (χ0) is 19.1. The van der Waals surface area contributed by atoms with E-state index in [2.05, 4.69) is 15.7 Å². The Labute approximate surface area is 162 Å². The van der Waals surface area contributed by atoms with E-state index >= 15 is 0 Å². The van der Waals surface area contributed by atoms with Crippen LogP contribution in [0.1, 0.15) is 29.8 Å². The number of hydrogen-bond acceptors (Lipinski definition) is 4. The maximum Gasteiger partial charge on any atom is 0.222 e. The molecule has 0 unspecified atom stereocenters. The standard InChI is InChI=1S/C20H22N4O2S/c1-15(25)23-18(19-8-5-11-27-19)12-20(26)21-10-9-16-13-22-24(14-16)17-6-3-2-4-7-17/h2-8,11,13-14,18H,9-10,12H2,1H3,(H,21,26)(H,23,25)/t18-/m0/s1. The third-order valence-electron chi connectivity index (χ3n) is 4.05. The smallest absolute Gasteiger partial charge is 0.222 e. The molecule has 0 saturated carbocycles. The van der Waals surface area contributed by atoms with E-state index in [1.807, 2.05) is 64.9 Å². The van der Waals surface area contributed by atoms with Crippen LogP contribution in [0.25, 0.3) is 5.69 Å². The molecular formula is C20H22N4O2S. The molecular weight excluding hydrogens is 360 g/mol. The summed E-state index contributed by atoms with van der Waals surface area (Å²) < 4.78 is 1.82. The molecule has 7 heteroatoms. The molecule has 140 valence electrons. The Hall–Kier alpha value is -2.93. The maximum atomic E-state index is 12.3. The van der Waals surface area contributed by atoms with Crippen molar-refractivity contribution in [1.82, 2.24) is 20.4 Å². The Morgan fingerprint density at radius 2 is 2.00 bits per heavy atom. The minimum atomic E-state index is -0.289. The summed E-state index contributed by atoms with van der Waals surface area (Å²) in [6.07, 6.45) is 4.70. The average molecular weight is 382 g/mol. The number of carbonyl (C=O) groups excluding carboxylic acids is 2. The molecule has 0 spiro atoms. The van der Waals surface area contributed by atoms with Gasteiger partial charge in [-0.2, -0.15) is 5.10 Å². The van der Waals surface area contributed by atoms with Crippen molar-refractivity contribution in [2.45, 2.75) is 25.8 Å². The van der Waals surface area contributed by atoms with Crippen molar-refractivity contribution in [3.8, 4) is 5.69 Å². The van der Waals surface area contributed by atoms with Crippen LogP contribution in [0.2, 0.25) is 0 Å². The number of nitrogens with one attached hydrogen (secondary N) is 2. The Balaban J connectivity index is 1.49. The van der Waals surface area contributed by atoms with Gasteiger partial charge in [0.05, 0.1) is 24.3 Å². The zero-order valence-electron chi connectivity index (χ0n) is 15.1. The van der Waals surface area contributed by atoms with Crippen LogP contribution in [0.4, 0.5) is 0 Å². The molecule has 1 aromatic carbocycles. The Morgan fingerprint density at radius 1 is 1.19 bits per heavy atom. The fraction of sp³-hybridized carbons (Fsp3) is 0.250. The summed E-state index contributed by atoms with van der Waals surface area (Å²) in [5.41, 5.74) is 2.05. The summed E-state index contributed by atoms with van der Waals surface area (Å²) in [5.74, 6) is -0.230. The molecule has 0 bridgehead atoms. The van der Waals surface area contributed by atoms with Crippen molar-refractivity contribution in [2.75, 3.05) is 6.54 Å². The molecule has 1 atom stereocenters. The number of benzene rings is 1. The van der Waals surface area contributed by atoms with Gasteiger partial charge in [0.25, 0.3) is 0 Å². The molecule has 2 aromatic heterocycles. The van der Waals surface area contributed by atoms with Gasteiger partial charge in [0.2, 0.25) is 11.8 Å². The van der Waals surface area contributed by atoms with Crippen LogP contribution in [-0.4, -0.2) is 28.1 Å². The molecule has 3 aromatic rings. The molecule has 27 heavy (non-hydrogen) atoms. The fourth-order valence-corrected chi connectivity index (χ4v) is 3.55. The summed E-state index contributed by atoms with van der Waals surface area (Å²) in [4.78, 5) is 24.6. The molecule has 0 aliphatic rings. The van der Waals surface area contributed by atoms with Crippen molar-refractivity contribution < 1.29 is 9.59 Å². The van der Waals surface area contributed by atoms with E-state index in [1.54, 1.807) is 0 Å². The molecule has 2 N–H and O–H groups in total. The summed E-state index contributed by atoms with van der Waals surface area (Å²) in [5, 5.41) is 12.1. The van der Waals surface area contributed by atoms with Gasteiger partial charge in [-0.15, -0.1) is 11.3 Å². The SMILES string of the molecule is CC(=O)N[C@@H](CC(=O)NCCc1cnn(-c2ccccc2)c1)c1cccs1. The number of hydrogen-bond donors (Lipinski definition) is 2. The molecule has 0 radical (unpaired) electrons. The number of para-hydroxylation sites is 1. The summed E-state index contributed by atoms with van der Waals surface area (Å²) in [7, 11) is 0. The Morgan fingerprint density at radius 3 is 2.70 bits per heavy atom. The first-order valence-electron chi connectivity index (χ1n) is 8.78. The highest BCUT2D eigenvalue weighted by Gasteiger charge is 2.17. The second kappa shape index (κ2) is 9.14. The van der Waals surface area contributed by atoms with Crippen LogP contribution in [0.3, 0.4) is 0 Å². The monoisotopic (exact) mass is 382 g/mol. The lowest BCUT2D eigenvalue weighted by Gasteiger charge is -2.16. The van der Waals surface area contributed by atoms with E-state index in [4.69, 9.17) is 0 Å². The Kier molecular flexibility index (Phi) is 6.38. The van der Waals surface area contributed by atoms with Gasteiger partial charge in [-0.1, -0.05) is 24.3 Å². The highest BCUT2D eigenvalue weighted by atomic mass is 32.1. The van der Waals surface area contributed by atoms with Gasteiger partial charge in [0.15, 0.2) is 0 Å². The van der Waals surface area contributed by atoms with Crippen LogP contribution in [0, 0.1) is 0 Å². The first-order chi connectivity index (χ1) is 13.1. The van der Waals surface area contributed by atoms with Gasteiger partial charge in [0, 0.05) is 24.5 Å². The average Bonchev–Trinajstić information content (AvgIpc) is 3.34. The van der Waals surface area contributed by atoms with Gasteiger partial charge in [0.1, 0.15) is 0 Å². The number of thiophene rings is 1. The predicted octanol–water partition coefficient (Wildman–Crippen LogP) is 2.86. The van der Waals surface area contributed by atoms with Crippen molar-refractivity contribution >= 4 is 23.2 Å².